The molecular weight excluding hydrogens is 280 g/mol. The summed E-state index contributed by atoms with van der Waals surface area (Å²) in [6.07, 6.45) is 0. The molecule has 0 atom stereocenters. The molecule has 3 rings (SSSR count). The van der Waals surface area contributed by atoms with Crippen molar-refractivity contribution in [2.75, 3.05) is 26.2 Å². The number of nitrogens with one attached hydrogen (secondary N) is 1. The maximum atomic E-state index is 12.3. The molecule has 0 aliphatic carbocycles. The number of hydrogen-bond acceptors (Lipinski definition) is 4. The third-order valence-corrected chi connectivity index (χ3v) is 3.35. The molecular formula is C17H18N2O3. The fraction of sp³-hybridized carbons (Fsp3) is 0.235. The van der Waals surface area contributed by atoms with Crippen molar-refractivity contribution in [2.24, 2.45) is 0 Å². The average Bonchev–Trinajstić information content (AvgIpc) is 2.95. The quantitative estimate of drug-likeness (QED) is 0.943. The lowest BCUT2D eigenvalue weighted by Gasteiger charge is -2.10. The summed E-state index contributed by atoms with van der Waals surface area (Å²) in [4.78, 5) is 14.3. The largest absolute Gasteiger partial charge is 0.454 e. The fourth-order valence-corrected chi connectivity index (χ4v) is 2.30. The number of ether oxygens (including phenoxy) is 2. The van der Waals surface area contributed by atoms with Gasteiger partial charge in [-0.3, -0.25) is 4.79 Å². The SMILES string of the molecule is CN(C)Cc1ccc(C(=O)Nc2ccc3c(c2)OCO3)cc1. The van der Waals surface area contributed by atoms with Gasteiger partial charge >= 0.3 is 0 Å². The summed E-state index contributed by atoms with van der Waals surface area (Å²) in [6, 6.07) is 13.0. The highest BCUT2D eigenvalue weighted by atomic mass is 16.7. The first-order valence-corrected chi connectivity index (χ1v) is 7.06. The monoisotopic (exact) mass is 298 g/mol. The zero-order valence-corrected chi connectivity index (χ0v) is 12.6. The van der Waals surface area contributed by atoms with Crippen LogP contribution in [0.5, 0.6) is 11.5 Å². The molecule has 0 saturated heterocycles. The lowest BCUT2D eigenvalue weighted by molar-refractivity contribution is 0.102. The maximum absolute atomic E-state index is 12.3. The number of hydrogen-bond donors (Lipinski definition) is 1. The minimum absolute atomic E-state index is 0.143. The first-order valence-electron chi connectivity index (χ1n) is 7.06. The average molecular weight is 298 g/mol. The Kier molecular flexibility index (Phi) is 3.98. The van der Waals surface area contributed by atoms with Crippen LogP contribution < -0.4 is 14.8 Å². The van der Waals surface area contributed by atoms with Crippen molar-refractivity contribution in [3.8, 4) is 11.5 Å². The van der Waals surface area contributed by atoms with Crippen LogP contribution in [0, 0.1) is 0 Å². The molecule has 0 radical (unpaired) electrons. The van der Waals surface area contributed by atoms with E-state index in [0.29, 0.717) is 22.7 Å². The molecule has 1 amide bonds. The van der Waals surface area contributed by atoms with Crippen molar-refractivity contribution in [1.29, 1.82) is 0 Å². The zero-order chi connectivity index (χ0) is 15.5. The smallest absolute Gasteiger partial charge is 0.255 e. The molecule has 1 N–H and O–H groups in total. The van der Waals surface area contributed by atoms with Crippen LogP contribution in [-0.4, -0.2) is 31.7 Å². The second kappa shape index (κ2) is 6.07. The molecule has 0 spiro atoms. The lowest BCUT2D eigenvalue weighted by atomic mass is 10.1. The van der Waals surface area contributed by atoms with Crippen molar-refractivity contribution in [3.05, 3.63) is 53.6 Å². The summed E-state index contributed by atoms with van der Waals surface area (Å²) in [6.45, 7) is 1.07. The fourth-order valence-electron chi connectivity index (χ4n) is 2.30. The number of rotatable bonds is 4. The maximum Gasteiger partial charge on any atom is 0.255 e. The summed E-state index contributed by atoms with van der Waals surface area (Å²) in [5, 5.41) is 2.86. The topological polar surface area (TPSA) is 50.8 Å². The lowest BCUT2D eigenvalue weighted by Crippen LogP contribution is -2.13. The van der Waals surface area contributed by atoms with Crippen molar-refractivity contribution in [2.45, 2.75) is 6.54 Å². The van der Waals surface area contributed by atoms with Gasteiger partial charge in [0.05, 0.1) is 0 Å². The van der Waals surface area contributed by atoms with Gasteiger partial charge in [-0.05, 0) is 43.9 Å². The molecule has 0 fully saturated rings. The van der Waals surface area contributed by atoms with E-state index in [9.17, 15) is 4.79 Å². The van der Waals surface area contributed by atoms with E-state index in [0.717, 1.165) is 6.54 Å². The molecule has 0 aromatic heterocycles. The highest BCUT2D eigenvalue weighted by Crippen LogP contribution is 2.34. The van der Waals surface area contributed by atoms with E-state index in [1.165, 1.54) is 5.56 Å². The van der Waals surface area contributed by atoms with Gasteiger partial charge in [-0.25, -0.2) is 0 Å². The van der Waals surface area contributed by atoms with Crippen LogP contribution in [0.25, 0.3) is 0 Å². The minimum Gasteiger partial charge on any atom is -0.454 e. The van der Waals surface area contributed by atoms with Gasteiger partial charge in [-0.2, -0.15) is 0 Å². The molecule has 1 aliphatic rings. The number of fused-ring (bicyclic) bond motifs is 1. The van der Waals surface area contributed by atoms with Crippen LogP contribution in [-0.2, 0) is 6.54 Å². The van der Waals surface area contributed by atoms with Crippen LogP contribution >= 0.6 is 0 Å². The van der Waals surface area contributed by atoms with Gasteiger partial charge in [0, 0.05) is 23.9 Å². The second-order valence-electron chi connectivity index (χ2n) is 5.46. The highest BCUT2D eigenvalue weighted by molar-refractivity contribution is 6.04. The first-order chi connectivity index (χ1) is 10.6. The molecule has 0 unspecified atom stereocenters. The Morgan fingerprint density at radius 2 is 1.82 bits per heavy atom. The summed E-state index contributed by atoms with van der Waals surface area (Å²) in [5.74, 6) is 1.21. The number of carbonyl (C=O) groups is 1. The van der Waals surface area contributed by atoms with Gasteiger partial charge in [0.25, 0.3) is 5.91 Å². The Labute approximate surface area is 129 Å². The molecule has 114 valence electrons. The Morgan fingerprint density at radius 1 is 1.09 bits per heavy atom. The molecule has 2 aromatic carbocycles. The Morgan fingerprint density at radius 3 is 2.55 bits per heavy atom. The van der Waals surface area contributed by atoms with E-state index in [1.807, 2.05) is 38.4 Å². The van der Waals surface area contributed by atoms with Gasteiger partial charge in [-0.15, -0.1) is 0 Å². The summed E-state index contributed by atoms with van der Waals surface area (Å²) in [7, 11) is 4.03. The van der Waals surface area contributed by atoms with Gasteiger partial charge < -0.3 is 19.7 Å². The molecule has 1 heterocycles. The summed E-state index contributed by atoms with van der Waals surface area (Å²) >= 11 is 0. The predicted octanol–water partition coefficient (Wildman–Crippen LogP) is 2.73. The van der Waals surface area contributed by atoms with Crippen LogP contribution in [0.15, 0.2) is 42.5 Å². The van der Waals surface area contributed by atoms with Gasteiger partial charge in [-0.1, -0.05) is 12.1 Å². The number of carbonyl (C=O) groups excluding carboxylic acids is 1. The number of nitrogens with zero attached hydrogens (tertiary/aromatic N) is 1. The molecule has 22 heavy (non-hydrogen) atoms. The van der Waals surface area contributed by atoms with E-state index < -0.39 is 0 Å². The highest BCUT2D eigenvalue weighted by Gasteiger charge is 2.14. The van der Waals surface area contributed by atoms with Crippen molar-refractivity contribution in [3.63, 3.8) is 0 Å². The normalized spacial score (nSPS) is 12.5. The summed E-state index contributed by atoms with van der Waals surface area (Å²) < 4.78 is 10.5. The van der Waals surface area contributed by atoms with E-state index >= 15 is 0 Å². The van der Waals surface area contributed by atoms with Crippen LogP contribution in [0.2, 0.25) is 0 Å². The Balaban J connectivity index is 1.69. The van der Waals surface area contributed by atoms with Gasteiger partial charge in [0.1, 0.15) is 0 Å². The molecule has 2 aromatic rings. The summed E-state index contributed by atoms with van der Waals surface area (Å²) in [5.41, 5.74) is 2.48. The van der Waals surface area contributed by atoms with E-state index in [2.05, 4.69) is 10.2 Å². The van der Waals surface area contributed by atoms with Crippen molar-refractivity contribution >= 4 is 11.6 Å². The number of anilines is 1. The van der Waals surface area contributed by atoms with E-state index in [-0.39, 0.29) is 12.7 Å². The van der Waals surface area contributed by atoms with Crippen LogP contribution in [0.4, 0.5) is 5.69 Å². The van der Waals surface area contributed by atoms with Crippen molar-refractivity contribution < 1.29 is 14.3 Å². The number of amides is 1. The number of benzene rings is 2. The standard InChI is InChI=1S/C17H18N2O3/c1-19(2)10-12-3-5-13(6-4-12)17(20)18-14-7-8-15-16(9-14)22-11-21-15/h3-9H,10-11H2,1-2H3,(H,18,20). The van der Waals surface area contributed by atoms with Crippen molar-refractivity contribution in [1.82, 2.24) is 4.90 Å². The Bertz CT molecular complexity index is 681. The third-order valence-electron chi connectivity index (χ3n) is 3.35. The predicted molar refractivity (Wildman–Crippen MR) is 84.4 cm³/mol. The third kappa shape index (κ3) is 3.20. The van der Waals surface area contributed by atoms with Crippen LogP contribution in [0.3, 0.4) is 0 Å². The molecule has 0 saturated carbocycles. The van der Waals surface area contributed by atoms with Gasteiger partial charge in [0.15, 0.2) is 11.5 Å². The van der Waals surface area contributed by atoms with E-state index in [4.69, 9.17) is 9.47 Å². The molecule has 1 aliphatic heterocycles. The zero-order valence-electron chi connectivity index (χ0n) is 12.6. The van der Waals surface area contributed by atoms with Gasteiger partial charge in [0.2, 0.25) is 6.79 Å². The first kappa shape index (κ1) is 14.4. The molecule has 5 heteroatoms. The minimum atomic E-state index is -0.143. The van der Waals surface area contributed by atoms with E-state index in [1.54, 1.807) is 18.2 Å². The van der Waals surface area contributed by atoms with Crippen LogP contribution in [0.1, 0.15) is 15.9 Å². The molecule has 5 nitrogen and oxygen atoms in total. The second-order valence-corrected chi connectivity index (χ2v) is 5.46. The Hall–Kier alpha value is -2.53. The molecule has 0 bridgehead atoms.